The van der Waals surface area contributed by atoms with E-state index in [9.17, 15) is 0 Å². The van der Waals surface area contributed by atoms with E-state index >= 15 is 0 Å². The Morgan fingerprint density at radius 3 is 2.47 bits per heavy atom. The second-order valence-electron chi connectivity index (χ2n) is 5.94. The highest BCUT2D eigenvalue weighted by Crippen LogP contribution is 2.29. The summed E-state index contributed by atoms with van der Waals surface area (Å²) in [6, 6.07) is 0. The summed E-state index contributed by atoms with van der Waals surface area (Å²) in [6.07, 6.45) is 13.3. The molecule has 0 aromatic rings. The molecular formula is C15H30. The molecule has 0 aromatic heterocycles. The zero-order valence-corrected chi connectivity index (χ0v) is 11.1. The van der Waals surface area contributed by atoms with E-state index in [0.29, 0.717) is 0 Å². The normalized spacial score (nSPS) is 31.4. The van der Waals surface area contributed by atoms with Crippen molar-refractivity contribution >= 4 is 0 Å². The first kappa shape index (κ1) is 13.1. The van der Waals surface area contributed by atoms with Crippen LogP contribution in [0.4, 0.5) is 0 Å². The van der Waals surface area contributed by atoms with Gasteiger partial charge in [-0.05, 0) is 24.2 Å². The van der Waals surface area contributed by atoms with Gasteiger partial charge in [0.15, 0.2) is 0 Å². The van der Waals surface area contributed by atoms with Gasteiger partial charge in [-0.15, -0.1) is 0 Å². The minimum atomic E-state index is 0.950. The first-order valence-electron chi connectivity index (χ1n) is 7.22. The molecule has 15 heavy (non-hydrogen) atoms. The van der Waals surface area contributed by atoms with Crippen LogP contribution in [0.1, 0.15) is 78.6 Å². The molecule has 90 valence electrons. The fourth-order valence-corrected chi connectivity index (χ4v) is 2.88. The lowest BCUT2D eigenvalue weighted by atomic mass is 9.86. The smallest absolute Gasteiger partial charge is 0.0412 e. The highest BCUT2D eigenvalue weighted by Gasteiger charge is 2.15. The summed E-state index contributed by atoms with van der Waals surface area (Å²) in [5.74, 6) is 2.98. The number of rotatable bonds is 3. The second kappa shape index (κ2) is 7.30. The summed E-state index contributed by atoms with van der Waals surface area (Å²) < 4.78 is 0. The van der Waals surface area contributed by atoms with Crippen LogP contribution in [0, 0.1) is 17.8 Å². The molecule has 0 aliphatic heterocycles. The first-order valence-corrected chi connectivity index (χ1v) is 7.22. The van der Waals surface area contributed by atoms with Gasteiger partial charge in [0.05, 0.1) is 0 Å². The van der Waals surface area contributed by atoms with Crippen LogP contribution < -0.4 is 0 Å². The average Bonchev–Trinajstić information content (AvgIpc) is 2.32. The highest BCUT2D eigenvalue weighted by molar-refractivity contribution is 4.68. The van der Waals surface area contributed by atoms with Gasteiger partial charge < -0.3 is 0 Å². The zero-order valence-electron chi connectivity index (χ0n) is 11.1. The van der Waals surface area contributed by atoms with Crippen molar-refractivity contribution in [3.63, 3.8) is 0 Å². The van der Waals surface area contributed by atoms with Crippen molar-refractivity contribution in [2.45, 2.75) is 78.6 Å². The van der Waals surface area contributed by atoms with Crippen LogP contribution in [-0.4, -0.2) is 0 Å². The van der Waals surface area contributed by atoms with E-state index in [4.69, 9.17) is 0 Å². The molecule has 0 bridgehead atoms. The molecule has 0 heteroatoms. The van der Waals surface area contributed by atoms with Crippen LogP contribution in [0.25, 0.3) is 0 Å². The summed E-state index contributed by atoms with van der Waals surface area (Å²) in [7, 11) is 0. The molecule has 0 spiro atoms. The number of hydrogen-bond acceptors (Lipinski definition) is 0. The second-order valence-corrected chi connectivity index (χ2v) is 5.94. The Morgan fingerprint density at radius 1 is 1.00 bits per heavy atom. The van der Waals surface area contributed by atoms with Crippen LogP contribution >= 0.6 is 0 Å². The Hall–Kier alpha value is 0. The van der Waals surface area contributed by atoms with E-state index in [2.05, 4.69) is 20.8 Å². The molecule has 3 unspecified atom stereocenters. The lowest BCUT2D eigenvalue weighted by molar-refractivity contribution is 0.320. The van der Waals surface area contributed by atoms with Gasteiger partial charge in [0, 0.05) is 0 Å². The molecule has 3 atom stereocenters. The van der Waals surface area contributed by atoms with Gasteiger partial charge in [-0.1, -0.05) is 72.1 Å². The quantitative estimate of drug-likeness (QED) is 0.583. The van der Waals surface area contributed by atoms with E-state index in [0.717, 1.165) is 17.8 Å². The maximum absolute atomic E-state index is 2.45. The third kappa shape index (κ3) is 5.58. The molecule has 1 rings (SSSR count). The molecule has 0 nitrogen and oxygen atoms in total. The van der Waals surface area contributed by atoms with Crippen molar-refractivity contribution < 1.29 is 0 Å². The molecule has 1 aliphatic rings. The van der Waals surface area contributed by atoms with Crippen molar-refractivity contribution in [2.75, 3.05) is 0 Å². The largest absolute Gasteiger partial charge is 0.0651 e. The molecule has 1 saturated carbocycles. The van der Waals surface area contributed by atoms with Crippen molar-refractivity contribution in [1.82, 2.24) is 0 Å². The molecule has 0 amide bonds. The molecule has 1 aliphatic carbocycles. The van der Waals surface area contributed by atoms with E-state index in [-0.39, 0.29) is 0 Å². The Labute approximate surface area is 96.8 Å². The molecule has 0 N–H and O–H groups in total. The molecule has 0 radical (unpaired) electrons. The Bertz CT molecular complexity index is 150. The standard InChI is InChI=1S/C15H30/c1-4-13(2)12-15-9-7-5-6-8-14(3)10-11-15/h13-15H,4-12H2,1-3H3. The fraction of sp³-hybridized carbons (Fsp3) is 1.00. The van der Waals surface area contributed by atoms with Crippen LogP contribution in [0.15, 0.2) is 0 Å². The van der Waals surface area contributed by atoms with E-state index in [1.54, 1.807) is 0 Å². The summed E-state index contributed by atoms with van der Waals surface area (Å²) in [6.45, 7) is 7.21. The molecule has 0 heterocycles. The summed E-state index contributed by atoms with van der Waals surface area (Å²) in [5.41, 5.74) is 0. The molecule has 1 fully saturated rings. The SMILES string of the molecule is CCC(C)CC1CCCCCC(C)CC1. The van der Waals surface area contributed by atoms with Gasteiger partial charge in [-0.2, -0.15) is 0 Å². The Balaban J connectivity index is 2.33. The maximum atomic E-state index is 2.45. The third-order valence-electron chi connectivity index (χ3n) is 4.31. The van der Waals surface area contributed by atoms with Crippen LogP contribution in [0.3, 0.4) is 0 Å². The lowest BCUT2D eigenvalue weighted by Gasteiger charge is -2.20. The van der Waals surface area contributed by atoms with Gasteiger partial charge in [0.25, 0.3) is 0 Å². The molecule has 0 saturated heterocycles. The van der Waals surface area contributed by atoms with Crippen LogP contribution in [0.5, 0.6) is 0 Å². The number of hydrogen-bond donors (Lipinski definition) is 0. The Morgan fingerprint density at radius 2 is 1.73 bits per heavy atom. The summed E-state index contributed by atoms with van der Waals surface area (Å²) in [5, 5.41) is 0. The van der Waals surface area contributed by atoms with Gasteiger partial charge in [0.2, 0.25) is 0 Å². The lowest BCUT2D eigenvalue weighted by Crippen LogP contribution is -2.07. The molecule has 0 aromatic carbocycles. The fourth-order valence-electron chi connectivity index (χ4n) is 2.88. The molecular weight excluding hydrogens is 180 g/mol. The topological polar surface area (TPSA) is 0 Å². The monoisotopic (exact) mass is 210 g/mol. The van der Waals surface area contributed by atoms with Gasteiger partial charge >= 0.3 is 0 Å². The zero-order chi connectivity index (χ0) is 11.1. The van der Waals surface area contributed by atoms with Gasteiger partial charge in [-0.3, -0.25) is 0 Å². The predicted molar refractivity (Wildman–Crippen MR) is 69.0 cm³/mol. The van der Waals surface area contributed by atoms with Crippen molar-refractivity contribution in [2.24, 2.45) is 17.8 Å². The highest BCUT2D eigenvalue weighted by atomic mass is 14.2. The van der Waals surface area contributed by atoms with E-state index in [1.807, 2.05) is 0 Å². The minimum Gasteiger partial charge on any atom is -0.0651 e. The van der Waals surface area contributed by atoms with Crippen molar-refractivity contribution in [3.05, 3.63) is 0 Å². The van der Waals surface area contributed by atoms with Crippen molar-refractivity contribution in [3.8, 4) is 0 Å². The summed E-state index contributed by atoms with van der Waals surface area (Å²) in [4.78, 5) is 0. The average molecular weight is 210 g/mol. The van der Waals surface area contributed by atoms with Crippen LogP contribution in [0.2, 0.25) is 0 Å². The maximum Gasteiger partial charge on any atom is -0.0412 e. The van der Waals surface area contributed by atoms with Crippen LogP contribution in [-0.2, 0) is 0 Å². The van der Waals surface area contributed by atoms with Crippen molar-refractivity contribution in [1.29, 1.82) is 0 Å². The van der Waals surface area contributed by atoms with E-state index in [1.165, 1.54) is 57.8 Å². The third-order valence-corrected chi connectivity index (χ3v) is 4.31. The summed E-state index contributed by atoms with van der Waals surface area (Å²) >= 11 is 0. The van der Waals surface area contributed by atoms with Gasteiger partial charge in [0.1, 0.15) is 0 Å². The first-order chi connectivity index (χ1) is 7.22. The Kier molecular flexibility index (Phi) is 6.36. The van der Waals surface area contributed by atoms with Gasteiger partial charge in [-0.25, -0.2) is 0 Å². The van der Waals surface area contributed by atoms with E-state index < -0.39 is 0 Å². The predicted octanol–water partition coefficient (Wildman–Crippen LogP) is 5.42. The minimum absolute atomic E-state index is 0.950.